The number of piperidine rings is 1. The van der Waals surface area contributed by atoms with Crippen molar-refractivity contribution in [1.29, 1.82) is 5.26 Å². The number of piperazine rings is 1. The molecule has 3 heteroatoms. The second kappa shape index (κ2) is 6.22. The standard InChI is InChI=1S/C13H23N3/c14-7-3-1-4-8-15-10-11-16-9-5-2-6-13(16)12-15/h13H,1-6,8-12H2. The lowest BCUT2D eigenvalue weighted by molar-refractivity contribution is 0.0487. The minimum Gasteiger partial charge on any atom is -0.301 e. The van der Waals surface area contributed by atoms with Crippen molar-refractivity contribution in [3.05, 3.63) is 0 Å². The van der Waals surface area contributed by atoms with E-state index in [9.17, 15) is 0 Å². The fraction of sp³-hybridized carbons (Fsp3) is 0.923. The highest BCUT2D eigenvalue weighted by Gasteiger charge is 2.28. The largest absolute Gasteiger partial charge is 0.301 e. The van der Waals surface area contributed by atoms with Gasteiger partial charge in [0.1, 0.15) is 0 Å². The summed E-state index contributed by atoms with van der Waals surface area (Å²) in [7, 11) is 0. The van der Waals surface area contributed by atoms with Crippen molar-refractivity contribution >= 4 is 0 Å². The van der Waals surface area contributed by atoms with Crippen molar-refractivity contribution in [3.63, 3.8) is 0 Å². The fourth-order valence-electron chi connectivity index (χ4n) is 2.96. The molecule has 0 aromatic heterocycles. The molecule has 3 nitrogen and oxygen atoms in total. The van der Waals surface area contributed by atoms with Gasteiger partial charge in [-0.3, -0.25) is 4.90 Å². The summed E-state index contributed by atoms with van der Waals surface area (Å²) >= 11 is 0. The van der Waals surface area contributed by atoms with Gasteiger partial charge in [-0.1, -0.05) is 6.42 Å². The number of fused-ring (bicyclic) bond motifs is 1. The van der Waals surface area contributed by atoms with E-state index in [1.807, 2.05) is 0 Å². The van der Waals surface area contributed by atoms with Crippen molar-refractivity contribution < 1.29 is 0 Å². The molecule has 0 aliphatic carbocycles. The Hall–Kier alpha value is -0.590. The Bertz CT molecular complexity index is 246. The molecule has 0 N–H and O–H groups in total. The van der Waals surface area contributed by atoms with Gasteiger partial charge in [0.2, 0.25) is 0 Å². The van der Waals surface area contributed by atoms with Crippen molar-refractivity contribution in [2.24, 2.45) is 0 Å². The average Bonchev–Trinajstić information content (AvgIpc) is 2.34. The quantitative estimate of drug-likeness (QED) is 0.679. The maximum absolute atomic E-state index is 8.49. The van der Waals surface area contributed by atoms with E-state index in [0.717, 1.165) is 18.9 Å². The van der Waals surface area contributed by atoms with Gasteiger partial charge in [-0.2, -0.15) is 5.26 Å². The predicted molar refractivity (Wildman–Crippen MR) is 65.1 cm³/mol. The lowest BCUT2D eigenvalue weighted by atomic mass is 9.99. The van der Waals surface area contributed by atoms with Crippen molar-refractivity contribution in [1.82, 2.24) is 9.80 Å². The first kappa shape index (κ1) is 11.9. The van der Waals surface area contributed by atoms with Crippen LogP contribution in [0.25, 0.3) is 0 Å². The van der Waals surface area contributed by atoms with Gasteiger partial charge in [0.15, 0.2) is 0 Å². The third-order valence-electron chi connectivity index (χ3n) is 3.93. The molecule has 2 saturated heterocycles. The van der Waals surface area contributed by atoms with E-state index in [1.165, 1.54) is 58.4 Å². The van der Waals surface area contributed by atoms with E-state index in [-0.39, 0.29) is 0 Å². The SMILES string of the molecule is N#CCCCCN1CCN2CCCCC2C1. The normalized spacial score (nSPS) is 27.3. The van der Waals surface area contributed by atoms with Crippen LogP contribution in [-0.2, 0) is 0 Å². The van der Waals surface area contributed by atoms with Crippen molar-refractivity contribution in [2.75, 3.05) is 32.7 Å². The minimum absolute atomic E-state index is 0.726. The second-order valence-electron chi connectivity index (χ2n) is 5.10. The van der Waals surface area contributed by atoms with Crippen molar-refractivity contribution in [2.45, 2.75) is 44.6 Å². The molecule has 2 fully saturated rings. The molecule has 0 amide bonds. The first-order chi connectivity index (χ1) is 7.90. The molecule has 16 heavy (non-hydrogen) atoms. The van der Waals surface area contributed by atoms with Gasteiger partial charge in [-0.05, 0) is 38.8 Å². The second-order valence-corrected chi connectivity index (χ2v) is 5.10. The molecule has 90 valence electrons. The number of rotatable bonds is 4. The molecule has 2 heterocycles. The van der Waals surface area contributed by atoms with Gasteiger partial charge >= 0.3 is 0 Å². The molecule has 0 saturated carbocycles. The molecule has 2 rings (SSSR count). The molecule has 0 spiro atoms. The van der Waals surface area contributed by atoms with Crippen LogP contribution in [0.15, 0.2) is 0 Å². The first-order valence-electron chi connectivity index (χ1n) is 6.73. The number of nitrogens with zero attached hydrogens (tertiary/aromatic N) is 3. The average molecular weight is 221 g/mol. The highest BCUT2D eigenvalue weighted by atomic mass is 15.3. The van der Waals surface area contributed by atoms with Crippen molar-refractivity contribution in [3.8, 4) is 6.07 Å². The molecule has 0 aromatic carbocycles. The summed E-state index contributed by atoms with van der Waals surface area (Å²) in [4.78, 5) is 5.28. The summed E-state index contributed by atoms with van der Waals surface area (Å²) in [5, 5.41) is 8.49. The minimum atomic E-state index is 0.726. The molecular formula is C13H23N3. The lowest BCUT2D eigenvalue weighted by Crippen LogP contribution is -2.54. The Morgan fingerprint density at radius 1 is 1.12 bits per heavy atom. The summed E-state index contributed by atoms with van der Waals surface area (Å²) < 4.78 is 0. The fourth-order valence-corrected chi connectivity index (χ4v) is 2.96. The van der Waals surface area contributed by atoms with E-state index < -0.39 is 0 Å². The highest BCUT2D eigenvalue weighted by Crippen LogP contribution is 2.21. The Morgan fingerprint density at radius 2 is 2.06 bits per heavy atom. The predicted octanol–water partition coefficient (Wildman–Crippen LogP) is 1.85. The van der Waals surface area contributed by atoms with Crippen LogP contribution in [-0.4, -0.2) is 48.6 Å². The monoisotopic (exact) mass is 221 g/mol. The van der Waals surface area contributed by atoms with Gasteiger partial charge in [-0.15, -0.1) is 0 Å². The van der Waals surface area contributed by atoms with Crippen LogP contribution in [0.2, 0.25) is 0 Å². The Labute approximate surface area is 99.0 Å². The zero-order valence-corrected chi connectivity index (χ0v) is 10.2. The van der Waals surface area contributed by atoms with Crippen LogP contribution < -0.4 is 0 Å². The third-order valence-corrected chi connectivity index (χ3v) is 3.93. The van der Waals surface area contributed by atoms with E-state index in [4.69, 9.17) is 5.26 Å². The molecular weight excluding hydrogens is 198 g/mol. The van der Waals surface area contributed by atoms with Crippen LogP contribution >= 0.6 is 0 Å². The summed E-state index contributed by atoms with van der Waals surface area (Å²) in [6, 6.07) is 3.06. The number of hydrogen-bond acceptors (Lipinski definition) is 3. The first-order valence-corrected chi connectivity index (χ1v) is 6.73. The van der Waals surface area contributed by atoms with Gasteiger partial charge in [-0.25, -0.2) is 0 Å². The lowest BCUT2D eigenvalue weighted by Gasteiger charge is -2.44. The summed E-state index contributed by atoms with van der Waals surface area (Å²) in [6.45, 7) is 6.30. The van der Waals surface area contributed by atoms with Crippen LogP contribution in [0.1, 0.15) is 38.5 Å². The van der Waals surface area contributed by atoms with Crippen LogP contribution in [0.4, 0.5) is 0 Å². The number of unbranched alkanes of at least 4 members (excludes halogenated alkanes) is 2. The number of hydrogen-bond donors (Lipinski definition) is 0. The number of nitriles is 1. The Kier molecular flexibility index (Phi) is 4.62. The molecule has 1 atom stereocenters. The molecule has 2 aliphatic heterocycles. The topological polar surface area (TPSA) is 30.3 Å². The van der Waals surface area contributed by atoms with Crippen LogP contribution in [0.5, 0.6) is 0 Å². The van der Waals surface area contributed by atoms with E-state index >= 15 is 0 Å². The highest BCUT2D eigenvalue weighted by molar-refractivity contribution is 4.85. The molecule has 1 unspecified atom stereocenters. The summed E-state index contributed by atoms with van der Waals surface area (Å²) in [5.41, 5.74) is 0. The Balaban J connectivity index is 1.67. The maximum atomic E-state index is 8.49. The van der Waals surface area contributed by atoms with Gasteiger partial charge in [0.05, 0.1) is 6.07 Å². The van der Waals surface area contributed by atoms with Gasteiger partial charge in [0.25, 0.3) is 0 Å². The maximum Gasteiger partial charge on any atom is 0.0621 e. The summed E-state index contributed by atoms with van der Waals surface area (Å²) in [5.74, 6) is 0. The van der Waals surface area contributed by atoms with Gasteiger partial charge < -0.3 is 4.90 Å². The smallest absolute Gasteiger partial charge is 0.0621 e. The Morgan fingerprint density at radius 3 is 2.94 bits per heavy atom. The molecule has 0 bridgehead atoms. The zero-order chi connectivity index (χ0) is 11.2. The van der Waals surface area contributed by atoms with Crippen LogP contribution in [0.3, 0.4) is 0 Å². The van der Waals surface area contributed by atoms with E-state index in [1.54, 1.807) is 0 Å². The zero-order valence-electron chi connectivity index (χ0n) is 10.2. The molecule has 2 aliphatic rings. The van der Waals surface area contributed by atoms with E-state index in [0.29, 0.717) is 0 Å². The van der Waals surface area contributed by atoms with E-state index in [2.05, 4.69) is 15.9 Å². The van der Waals surface area contributed by atoms with Gasteiger partial charge in [0, 0.05) is 32.1 Å². The molecule has 0 radical (unpaired) electrons. The molecule has 0 aromatic rings. The van der Waals surface area contributed by atoms with Crippen LogP contribution in [0, 0.1) is 11.3 Å². The summed E-state index contributed by atoms with van der Waals surface area (Å²) in [6.07, 6.45) is 7.21. The third kappa shape index (κ3) is 3.20.